The lowest BCUT2D eigenvalue weighted by molar-refractivity contribution is -0.115. The first-order chi connectivity index (χ1) is 13.1. The van der Waals surface area contributed by atoms with E-state index in [2.05, 4.69) is 17.2 Å². The van der Waals surface area contributed by atoms with Gasteiger partial charge in [0.25, 0.3) is 5.91 Å². The fourth-order valence-electron chi connectivity index (χ4n) is 2.75. The second-order valence-electron chi connectivity index (χ2n) is 5.96. The number of hydrogen-bond donors (Lipinski definition) is 1. The summed E-state index contributed by atoms with van der Waals surface area (Å²) in [5.41, 5.74) is 2.12. The van der Waals surface area contributed by atoms with Crippen molar-refractivity contribution >= 4 is 5.91 Å². The Morgan fingerprint density at radius 2 is 1.48 bits per heavy atom. The average Bonchev–Trinajstić information content (AvgIpc) is 2.69. The average molecular weight is 361 g/mol. The predicted octanol–water partition coefficient (Wildman–Crippen LogP) is 4.26. The minimum atomic E-state index is -0.790. The first-order valence-electron chi connectivity index (χ1n) is 8.48. The minimum Gasteiger partial charge on any atom is -0.344 e. The minimum absolute atomic E-state index is 0.0192. The van der Waals surface area contributed by atoms with Crippen molar-refractivity contribution in [2.24, 2.45) is 0 Å². The summed E-state index contributed by atoms with van der Waals surface area (Å²) in [6.45, 7) is 0.355. The van der Waals surface area contributed by atoms with E-state index in [1.807, 2.05) is 60.7 Å². The van der Waals surface area contributed by atoms with E-state index in [-0.39, 0.29) is 11.5 Å². The van der Waals surface area contributed by atoms with Crippen LogP contribution in [0.2, 0.25) is 0 Å². The maximum atomic E-state index is 13.6. The number of rotatable bonds is 4. The molecule has 3 aromatic carbocycles. The molecule has 134 valence electrons. The van der Waals surface area contributed by atoms with Crippen molar-refractivity contribution in [3.05, 3.63) is 107 Å². The van der Waals surface area contributed by atoms with Crippen molar-refractivity contribution in [2.45, 2.75) is 5.92 Å². The van der Waals surface area contributed by atoms with E-state index in [1.165, 1.54) is 6.07 Å². The van der Waals surface area contributed by atoms with Crippen LogP contribution in [0.3, 0.4) is 0 Å². The molecule has 0 aromatic heterocycles. The van der Waals surface area contributed by atoms with Crippen LogP contribution in [0.4, 0.5) is 8.78 Å². The molecule has 3 rings (SSSR count). The molecule has 0 radical (unpaired) electrons. The lowest BCUT2D eigenvalue weighted by atomic mass is 9.91. The van der Waals surface area contributed by atoms with Crippen LogP contribution in [0.1, 0.15) is 22.6 Å². The molecule has 0 bridgehead atoms. The summed E-state index contributed by atoms with van der Waals surface area (Å²) >= 11 is 0. The van der Waals surface area contributed by atoms with E-state index in [1.54, 1.807) is 0 Å². The van der Waals surface area contributed by atoms with E-state index >= 15 is 0 Å². The van der Waals surface area contributed by atoms with Crippen LogP contribution in [-0.4, -0.2) is 12.5 Å². The van der Waals surface area contributed by atoms with Gasteiger partial charge in [-0.3, -0.25) is 4.79 Å². The first kappa shape index (κ1) is 18.3. The molecule has 0 atom stereocenters. The van der Waals surface area contributed by atoms with Crippen molar-refractivity contribution in [3.63, 3.8) is 0 Å². The van der Waals surface area contributed by atoms with Crippen molar-refractivity contribution in [1.29, 1.82) is 0 Å². The molecule has 3 aromatic rings. The highest BCUT2D eigenvalue weighted by atomic mass is 19.1. The zero-order valence-electron chi connectivity index (χ0n) is 14.5. The Hall–Kier alpha value is -3.45. The Balaban J connectivity index is 1.72. The van der Waals surface area contributed by atoms with Gasteiger partial charge in [-0.25, -0.2) is 8.78 Å². The fraction of sp³-hybridized carbons (Fsp3) is 0.0870. The van der Waals surface area contributed by atoms with Gasteiger partial charge in [0.15, 0.2) is 0 Å². The van der Waals surface area contributed by atoms with Gasteiger partial charge in [-0.15, -0.1) is 0 Å². The smallest absolute Gasteiger partial charge is 0.296 e. The number of carbonyl (C=O) groups is 1. The van der Waals surface area contributed by atoms with Crippen LogP contribution in [0, 0.1) is 23.5 Å². The SMILES string of the molecule is O=C(C#Cc1ccc(F)cc1F)NCC(c1ccccc1)c1ccccc1. The normalized spacial score (nSPS) is 10.2. The highest BCUT2D eigenvalue weighted by Gasteiger charge is 2.14. The summed E-state index contributed by atoms with van der Waals surface area (Å²) in [6, 6.07) is 22.7. The summed E-state index contributed by atoms with van der Waals surface area (Å²) in [7, 11) is 0. The Morgan fingerprint density at radius 1 is 0.889 bits per heavy atom. The van der Waals surface area contributed by atoms with Gasteiger partial charge in [0.1, 0.15) is 11.6 Å². The molecule has 0 aliphatic carbocycles. The molecule has 0 aliphatic rings. The quantitative estimate of drug-likeness (QED) is 0.691. The van der Waals surface area contributed by atoms with Crippen molar-refractivity contribution < 1.29 is 13.6 Å². The van der Waals surface area contributed by atoms with Gasteiger partial charge in [-0.05, 0) is 23.3 Å². The number of nitrogens with one attached hydrogen (secondary N) is 1. The third kappa shape index (κ3) is 5.02. The summed E-state index contributed by atoms with van der Waals surface area (Å²) in [4.78, 5) is 12.1. The van der Waals surface area contributed by atoms with E-state index in [0.29, 0.717) is 6.54 Å². The molecule has 4 heteroatoms. The molecular weight excluding hydrogens is 344 g/mol. The largest absolute Gasteiger partial charge is 0.344 e. The van der Waals surface area contributed by atoms with Crippen LogP contribution < -0.4 is 5.32 Å². The Kier molecular flexibility index (Phi) is 5.96. The molecule has 0 saturated carbocycles. The molecule has 0 aliphatic heterocycles. The van der Waals surface area contributed by atoms with Gasteiger partial charge in [0, 0.05) is 24.4 Å². The summed E-state index contributed by atoms with van der Waals surface area (Å²) in [5.74, 6) is 2.78. The van der Waals surface area contributed by atoms with Gasteiger partial charge < -0.3 is 5.32 Å². The summed E-state index contributed by atoms with van der Waals surface area (Å²) < 4.78 is 26.5. The third-order valence-electron chi connectivity index (χ3n) is 4.11. The zero-order chi connectivity index (χ0) is 19.1. The van der Waals surface area contributed by atoms with Crippen molar-refractivity contribution in [1.82, 2.24) is 5.32 Å². The van der Waals surface area contributed by atoms with Crippen LogP contribution >= 0.6 is 0 Å². The van der Waals surface area contributed by atoms with E-state index in [9.17, 15) is 13.6 Å². The highest BCUT2D eigenvalue weighted by molar-refractivity contribution is 5.94. The molecule has 0 heterocycles. The van der Waals surface area contributed by atoms with Gasteiger partial charge in [0.05, 0.1) is 5.56 Å². The van der Waals surface area contributed by atoms with Gasteiger partial charge in [-0.2, -0.15) is 0 Å². The predicted molar refractivity (Wildman–Crippen MR) is 101 cm³/mol. The summed E-state index contributed by atoms with van der Waals surface area (Å²) in [5, 5.41) is 2.77. The molecule has 0 spiro atoms. The van der Waals surface area contributed by atoms with Crippen molar-refractivity contribution in [2.75, 3.05) is 6.54 Å². The number of halogens is 2. The molecule has 1 amide bonds. The maximum absolute atomic E-state index is 13.6. The second kappa shape index (κ2) is 8.77. The number of carbonyl (C=O) groups excluding carboxylic acids is 1. The van der Waals surface area contributed by atoms with Gasteiger partial charge >= 0.3 is 0 Å². The fourth-order valence-corrected chi connectivity index (χ4v) is 2.75. The lowest BCUT2D eigenvalue weighted by Gasteiger charge is -2.18. The lowest BCUT2D eigenvalue weighted by Crippen LogP contribution is -2.27. The summed E-state index contributed by atoms with van der Waals surface area (Å²) in [6.07, 6.45) is 0. The molecule has 0 unspecified atom stereocenters. The molecule has 0 saturated heterocycles. The molecule has 1 N–H and O–H groups in total. The number of amides is 1. The van der Waals surface area contributed by atoms with E-state index in [4.69, 9.17) is 0 Å². The van der Waals surface area contributed by atoms with Crippen LogP contribution in [0.15, 0.2) is 78.9 Å². The monoisotopic (exact) mass is 361 g/mol. The molecule has 2 nitrogen and oxygen atoms in total. The Labute approximate surface area is 156 Å². The van der Waals surface area contributed by atoms with Gasteiger partial charge in [0.2, 0.25) is 0 Å². The third-order valence-corrected chi connectivity index (χ3v) is 4.11. The Bertz CT molecular complexity index is 936. The molecule has 0 fully saturated rings. The van der Waals surface area contributed by atoms with E-state index in [0.717, 1.165) is 23.3 Å². The van der Waals surface area contributed by atoms with Crippen molar-refractivity contribution in [3.8, 4) is 11.8 Å². The molecular formula is C23H17F2NO. The van der Waals surface area contributed by atoms with E-state index < -0.39 is 17.5 Å². The Morgan fingerprint density at radius 3 is 2.04 bits per heavy atom. The number of benzene rings is 3. The maximum Gasteiger partial charge on any atom is 0.296 e. The highest BCUT2D eigenvalue weighted by Crippen LogP contribution is 2.23. The molecule has 27 heavy (non-hydrogen) atoms. The van der Waals surface area contributed by atoms with Crippen LogP contribution in [0.25, 0.3) is 0 Å². The zero-order valence-corrected chi connectivity index (χ0v) is 14.5. The van der Waals surface area contributed by atoms with Crippen LogP contribution in [0.5, 0.6) is 0 Å². The second-order valence-corrected chi connectivity index (χ2v) is 5.96. The van der Waals surface area contributed by atoms with Crippen LogP contribution in [-0.2, 0) is 4.79 Å². The number of hydrogen-bond acceptors (Lipinski definition) is 1. The first-order valence-corrected chi connectivity index (χ1v) is 8.48. The standard InChI is InChI=1S/C23H17F2NO/c24-20-13-11-19(22(25)15-20)12-14-23(27)26-16-21(17-7-3-1-4-8-17)18-9-5-2-6-10-18/h1-11,13,15,21H,16H2,(H,26,27). The van der Waals surface area contributed by atoms with Gasteiger partial charge in [-0.1, -0.05) is 66.6 Å². The topological polar surface area (TPSA) is 29.1 Å².